The molecule has 2 aromatic rings. The van der Waals surface area contributed by atoms with E-state index in [-0.39, 0.29) is 30.6 Å². The van der Waals surface area contributed by atoms with E-state index in [1.807, 2.05) is 24.4 Å². The number of hydrogen-bond donors (Lipinski definition) is 1. The van der Waals surface area contributed by atoms with E-state index in [0.717, 1.165) is 36.2 Å². The maximum atomic E-state index is 9.57. The summed E-state index contributed by atoms with van der Waals surface area (Å²) in [4.78, 5) is 8.85. The summed E-state index contributed by atoms with van der Waals surface area (Å²) in [5.41, 5.74) is 4.14. The summed E-state index contributed by atoms with van der Waals surface area (Å²) >= 11 is 0. The number of aromatic hydroxyl groups is 1. The van der Waals surface area contributed by atoms with Crippen molar-refractivity contribution < 1.29 is 9.84 Å². The number of benzene rings is 1. The predicted octanol–water partition coefficient (Wildman–Crippen LogP) is 4.31. The lowest BCUT2D eigenvalue weighted by molar-refractivity contribution is 0.406. The molecular weight excluding hydrogens is 347 g/mol. The minimum atomic E-state index is 0. The molecule has 6 heteroatoms. The standard InChI is InChI=1S/C18H18N2O2.2ClH/c1-22-17-11-16(21)7-6-13(17)10-14-4-3-9-20-18(14)15-5-2-8-19-12-15;;/h2,5-8,10-12,21H,3-4,9H2,1H3;2*1H. The van der Waals surface area contributed by atoms with E-state index < -0.39 is 0 Å². The Morgan fingerprint density at radius 1 is 1.21 bits per heavy atom. The van der Waals surface area contributed by atoms with Crippen LogP contribution in [0.15, 0.2) is 53.3 Å². The monoisotopic (exact) mass is 366 g/mol. The van der Waals surface area contributed by atoms with Crippen molar-refractivity contribution in [2.45, 2.75) is 12.8 Å². The van der Waals surface area contributed by atoms with Crippen LogP contribution in [0.2, 0.25) is 0 Å². The number of phenols is 1. The third-order valence-electron chi connectivity index (χ3n) is 3.66. The summed E-state index contributed by atoms with van der Waals surface area (Å²) in [6, 6.07) is 9.09. The molecule has 0 spiro atoms. The minimum Gasteiger partial charge on any atom is -0.508 e. The Morgan fingerprint density at radius 3 is 2.75 bits per heavy atom. The van der Waals surface area contributed by atoms with Gasteiger partial charge in [-0.2, -0.15) is 0 Å². The van der Waals surface area contributed by atoms with Crippen LogP contribution in [0.25, 0.3) is 6.08 Å². The molecule has 0 atom stereocenters. The highest BCUT2D eigenvalue weighted by Gasteiger charge is 2.15. The molecule has 0 fully saturated rings. The Kier molecular flexibility index (Phi) is 7.75. The van der Waals surface area contributed by atoms with Crippen LogP contribution in [-0.4, -0.2) is 29.5 Å². The average molecular weight is 367 g/mol. The second kappa shape index (κ2) is 9.30. The lowest BCUT2D eigenvalue weighted by Gasteiger charge is -2.17. The second-order valence-corrected chi connectivity index (χ2v) is 5.17. The van der Waals surface area contributed by atoms with Crippen LogP contribution in [0.3, 0.4) is 0 Å². The molecule has 1 aromatic carbocycles. The van der Waals surface area contributed by atoms with Gasteiger partial charge in [-0.05, 0) is 48.8 Å². The van der Waals surface area contributed by atoms with E-state index >= 15 is 0 Å². The van der Waals surface area contributed by atoms with E-state index in [0.29, 0.717) is 5.75 Å². The van der Waals surface area contributed by atoms with Gasteiger partial charge in [0.15, 0.2) is 0 Å². The second-order valence-electron chi connectivity index (χ2n) is 5.17. The average Bonchev–Trinajstić information content (AvgIpc) is 2.57. The number of allylic oxidation sites excluding steroid dienone is 1. The fraction of sp³-hybridized carbons (Fsp3) is 0.222. The first kappa shape index (κ1) is 20.0. The fourth-order valence-electron chi connectivity index (χ4n) is 2.61. The van der Waals surface area contributed by atoms with Crippen LogP contribution >= 0.6 is 24.8 Å². The molecule has 0 saturated carbocycles. The molecule has 0 radical (unpaired) electrons. The predicted molar refractivity (Wildman–Crippen MR) is 102 cm³/mol. The number of aliphatic imine (C=N–C) groups is 1. The lowest BCUT2D eigenvalue weighted by Crippen LogP contribution is -2.12. The van der Waals surface area contributed by atoms with Crippen molar-refractivity contribution in [3.8, 4) is 11.5 Å². The van der Waals surface area contributed by atoms with Crippen LogP contribution in [0, 0.1) is 0 Å². The number of nitrogens with zero attached hydrogens (tertiary/aromatic N) is 2. The third-order valence-corrected chi connectivity index (χ3v) is 3.66. The zero-order chi connectivity index (χ0) is 15.4. The Balaban J connectivity index is 0.00000144. The smallest absolute Gasteiger partial charge is 0.129 e. The first-order valence-corrected chi connectivity index (χ1v) is 7.31. The van der Waals surface area contributed by atoms with Crippen molar-refractivity contribution in [1.82, 2.24) is 4.98 Å². The Hall–Kier alpha value is -2.04. The van der Waals surface area contributed by atoms with Gasteiger partial charge in [-0.15, -0.1) is 24.8 Å². The first-order valence-electron chi connectivity index (χ1n) is 7.31. The van der Waals surface area contributed by atoms with Gasteiger partial charge in [-0.3, -0.25) is 9.98 Å². The van der Waals surface area contributed by atoms with Crippen LogP contribution in [-0.2, 0) is 0 Å². The van der Waals surface area contributed by atoms with Crippen molar-refractivity contribution >= 4 is 36.6 Å². The molecule has 1 aromatic heterocycles. The van der Waals surface area contributed by atoms with Gasteiger partial charge in [0.05, 0.1) is 12.8 Å². The van der Waals surface area contributed by atoms with Crippen LogP contribution in [0.1, 0.15) is 24.0 Å². The highest BCUT2D eigenvalue weighted by atomic mass is 35.5. The summed E-state index contributed by atoms with van der Waals surface area (Å²) in [5, 5.41) is 9.57. The largest absolute Gasteiger partial charge is 0.508 e. The summed E-state index contributed by atoms with van der Waals surface area (Å²) in [5.74, 6) is 0.854. The lowest BCUT2D eigenvalue weighted by atomic mass is 9.94. The van der Waals surface area contributed by atoms with Crippen molar-refractivity contribution in [2.24, 2.45) is 4.99 Å². The summed E-state index contributed by atoms with van der Waals surface area (Å²) in [6.45, 7) is 0.842. The first-order chi connectivity index (χ1) is 10.8. The maximum Gasteiger partial charge on any atom is 0.129 e. The molecule has 1 aliphatic rings. The number of pyridine rings is 1. The van der Waals surface area contributed by atoms with Crippen molar-refractivity contribution in [1.29, 1.82) is 0 Å². The number of methoxy groups -OCH3 is 1. The highest BCUT2D eigenvalue weighted by Crippen LogP contribution is 2.28. The number of phenolic OH excluding ortho intramolecular Hbond substituents is 1. The molecule has 24 heavy (non-hydrogen) atoms. The van der Waals surface area contributed by atoms with E-state index in [4.69, 9.17) is 4.74 Å². The van der Waals surface area contributed by atoms with Crippen molar-refractivity contribution in [3.05, 3.63) is 59.4 Å². The molecule has 1 N–H and O–H groups in total. The SMILES string of the molecule is COc1cc(O)ccc1C=C1CCCN=C1c1cccnc1.Cl.Cl. The summed E-state index contributed by atoms with van der Waals surface area (Å²) < 4.78 is 5.35. The summed E-state index contributed by atoms with van der Waals surface area (Å²) in [6.07, 6.45) is 7.70. The number of hydrogen-bond acceptors (Lipinski definition) is 4. The van der Waals surface area contributed by atoms with Crippen molar-refractivity contribution in [2.75, 3.05) is 13.7 Å². The van der Waals surface area contributed by atoms with E-state index in [1.165, 1.54) is 5.57 Å². The summed E-state index contributed by atoms with van der Waals surface area (Å²) in [7, 11) is 1.60. The van der Waals surface area contributed by atoms with Gasteiger partial charge in [0.1, 0.15) is 11.5 Å². The highest BCUT2D eigenvalue weighted by molar-refractivity contribution is 6.15. The third kappa shape index (κ3) is 4.49. The molecule has 0 bridgehead atoms. The van der Waals surface area contributed by atoms with Gasteiger partial charge >= 0.3 is 0 Å². The van der Waals surface area contributed by atoms with Crippen LogP contribution < -0.4 is 4.74 Å². The zero-order valence-electron chi connectivity index (χ0n) is 13.3. The van der Waals surface area contributed by atoms with Crippen LogP contribution in [0.5, 0.6) is 11.5 Å². The topological polar surface area (TPSA) is 54.7 Å². The van der Waals surface area contributed by atoms with Gasteiger partial charge in [-0.1, -0.05) is 0 Å². The fourth-order valence-corrected chi connectivity index (χ4v) is 2.61. The van der Waals surface area contributed by atoms with E-state index in [2.05, 4.69) is 16.1 Å². The van der Waals surface area contributed by atoms with Gasteiger partial charge in [0.25, 0.3) is 0 Å². The molecule has 128 valence electrons. The molecule has 1 aliphatic heterocycles. The van der Waals surface area contributed by atoms with Gasteiger partial charge in [0.2, 0.25) is 0 Å². The number of halogens is 2. The molecule has 0 unspecified atom stereocenters. The normalized spacial score (nSPS) is 15.0. The van der Waals surface area contributed by atoms with Crippen LogP contribution in [0.4, 0.5) is 0 Å². The maximum absolute atomic E-state index is 9.57. The minimum absolute atomic E-state index is 0. The molecule has 2 heterocycles. The van der Waals surface area contributed by atoms with E-state index in [1.54, 1.807) is 25.4 Å². The molecule has 4 nitrogen and oxygen atoms in total. The number of ether oxygens (including phenoxy) is 1. The Bertz CT molecular complexity index is 731. The Labute approximate surface area is 154 Å². The van der Waals surface area contributed by atoms with Gasteiger partial charge in [0, 0.05) is 36.1 Å². The molecular formula is C18H20Cl2N2O2. The zero-order valence-corrected chi connectivity index (χ0v) is 14.9. The van der Waals surface area contributed by atoms with Gasteiger partial charge in [-0.25, -0.2) is 0 Å². The molecule has 0 aliphatic carbocycles. The van der Waals surface area contributed by atoms with E-state index in [9.17, 15) is 5.11 Å². The molecule has 3 rings (SSSR count). The molecule has 0 amide bonds. The number of rotatable bonds is 3. The number of aromatic nitrogens is 1. The van der Waals surface area contributed by atoms with Crippen molar-refractivity contribution in [3.63, 3.8) is 0 Å². The quantitative estimate of drug-likeness (QED) is 0.880. The Morgan fingerprint density at radius 2 is 2.04 bits per heavy atom. The molecule has 0 saturated heterocycles. The van der Waals surface area contributed by atoms with Gasteiger partial charge < -0.3 is 9.84 Å².